The van der Waals surface area contributed by atoms with Gasteiger partial charge in [-0.2, -0.15) is 0 Å². The van der Waals surface area contributed by atoms with Crippen LogP contribution in [0.4, 0.5) is 10.1 Å². The fourth-order valence-electron chi connectivity index (χ4n) is 2.54. The Morgan fingerprint density at radius 1 is 1.42 bits per heavy atom. The van der Waals surface area contributed by atoms with E-state index in [1.165, 1.54) is 6.07 Å². The molecule has 1 aliphatic heterocycles. The molecular formula is C15H22FNO2. The number of hydrogen-bond donors (Lipinski definition) is 1. The van der Waals surface area contributed by atoms with Gasteiger partial charge in [-0.1, -0.05) is 6.07 Å². The van der Waals surface area contributed by atoms with Gasteiger partial charge in [0.1, 0.15) is 5.82 Å². The Kier molecular flexibility index (Phi) is 4.77. The summed E-state index contributed by atoms with van der Waals surface area (Å²) in [6.07, 6.45) is 1.55. The number of anilines is 1. The van der Waals surface area contributed by atoms with Crippen molar-refractivity contribution in [1.82, 2.24) is 0 Å². The Morgan fingerprint density at radius 3 is 2.63 bits per heavy atom. The summed E-state index contributed by atoms with van der Waals surface area (Å²) in [5, 5.41) is 9.45. The molecule has 1 heterocycles. The van der Waals surface area contributed by atoms with E-state index in [1.807, 2.05) is 6.92 Å². The molecule has 0 spiro atoms. The second-order valence-corrected chi connectivity index (χ2v) is 5.03. The molecule has 3 nitrogen and oxygen atoms in total. The number of aliphatic hydroxyl groups is 1. The quantitative estimate of drug-likeness (QED) is 0.910. The summed E-state index contributed by atoms with van der Waals surface area (Å²) in [5.74, 6) is -0.256. The minimum Gasteiger partial charge on any atom is -0.389 e. The average Bonchev–Trinajstić information content (AvgIpc) is 2.40. The third-order valence-electron chi connectivity index (χ3n) is 3.64. The van der Waals surface area contributed by atoms with Gasteiger partial charge in [0.2, 0.25) is 0 Å². The summed E-state index contributed by atoms with van der Waals surface area (Å²) in [7, 11) is 0. The second kappa shape index (κ2) is 6.35. The molecule has 0 bridgehead atoms. The van der Waals surface area contributed by atoms with Crippen LogP contribution in [0, 0.1) is 5.82 Å². The molecule has 2 rings (SSSR count). The molecule has 0 aliphatic carbocycles. The molecule has 0 amide bonds. The summed E-state index contributed by atoms with van der Waals surface area (Å²) in [4.78, 5) is 2.05. The molecule has 0 radical (unpaired) electrons. The minimum absolute atomic E-state index is 0.256. The summed E-state index contributed by atoms with van der Waals surface area (Å²) < 4.78 is 19.7. The third-order valence-corrected chi connectivity index (χ3v) is 3.64. The van der Waals surface area contributed by atoms with Crippen molar-refractivity contribution in [2.75, 3.05) is 24.6 Å². The van der Waals surface area contributed by atoms with Crippen molar-refractivity contribution in [3.8, 4) is 0 Å². The highest BCUT2D eigenvalue weighted by Crippen LogP contribution is 2.26. The van der Waals surface area contributed by atoms with Gasteiger partial charge >= 0.3 is 0 Å². The van der Waals surface area contributed by atoms with Gasteiger partial charge < -0.3 is 14.7 Å². The molecule has 1 saturated heterocycles. The van der Waals surface area contributed by atoms with Crippen molar-refractivity contribution in [3.05, 3.63) is 29.6 Å². The fraction of sp³-hybridized carbons (Fsp3) is 0.600. The zero-order chi connectivity index (χ0) is 13.8. The number of hydrogen-bond acceptors (Lipinski definition) is 3. The SMILES string of the molecule is CCOC1CCN(c2ccc([C@H](C)O)cc2F)CC1. The lowest BCUT2D eigenvalue weighted by atomic mass is 10.1. The summed E-state index contributed by atoms with van der Waals surface area (Å²) in [6.45, 7) is 6.01. The highest BCUT2D eigenvalue weighted by atomic mass is 19.1. The van der Waals surface area contributed by atoms with E-state index in [0.29, 0.717) is 17.4 Å². The number of benzene rings is 1. The normalized spacial score (nSPS) is 18.6. The van der Waals surface area contributed by atoms with Crippen molar-refractivity contribution in [2.24, 2.45) is 0 Å². The van der Waals surface area contributed by atoms with Crippen LogP contribution in [0.15, 0.2) is 18.2 Å². The van der Waals surface area contributed by atoms with Crippen LogP contribution >= 0.6 is 0 Å². The predicted molar refractivity (Wildman–Crippen MR) is 73.9 cm³/mol. The zero-order valence-corrected chi connectivity index (χ0v) is 11.6. The first-order valence-electron chi connectivity index (χ1n) is 6.96. The van der Waals surface area contributed by atoms with Crippen molar-refractivity contribution in [3.63, 3.8) is 0 Å². The van der Waals surface area contributed by atoms with Gasteiger partial charge in [-0.3, -0.25) is 0 Å². The standard InChI is InChI=1S/C15H22FNO2/c1-3-19-13-6-8-17(9-7-13)15-5-4-12(11(2)18)10-14(15)16/h4-5,10-11,13,18H,3,6-9H2,1-2H3/t11-/m0/s1. The average molecular weight is 267 g/mol. The van der Waals surface area contributed by atoms with Gasteiger partial charge in [-0.25, -0.2) is 4.39 Å². The fourth-order valence-corrected chi connectivity index (χ4v) is 2.54. The largest absolute Gasteiger partial charge is 0.389 e. The van der Waals surface area contributed by atoms with Crippen molar-refractivity contribution in [2.45, 2.75) is 38.9 Å². The maximum absolute atomic E-state index is 14.1. The zero-order valence-electron chi connectivity index (χ0n) is 11.6. The Bertz CT molecular complexity index is 415. The van der Waals surface area contributed by atoms with Crippen LogP contribution in [0.5, 0.6) is 0 Å². The predicted octanol–water partition coefficient (Wildman–Crippen LogP) is 2.88. The lowest BCUT2D eigenvalue weighted by molar-refractivity contribution is 0.0458. The number of aliphatic hydroxyl groups excluding tert-OH is 1. The van der Waals surface area contributed by atoms with Gasteiger partial charge in [0.15, 0.2) is 0 Å². The Balaban J connectivity index is 2.03. The van der Waals surface area contributed by atoms with Crippen LogP contribution in [0.25, 0.3) is 0 Å². The van der Waals surface area contributed by atoms with E-state index >= 15 is 0 Å². The molecule has 0 unspecified atom stereocenters. The second-order valence-electron chi connectivity index (χ2n) is 5.03. The number of halogens is 1. The number of rotatable bonds is 4. The van der Waals surface area contributed by atoms with Gasteiger partial charge in [0, 0.05) is 19.7 Å². The van der Waals surface area contributed by atoms with Crippen LogP contribution in [-0.2, 0) is 4.74 Å². The molecular weight excluding hydrogens is 245 g/mol. The Morgan fingerprint density at radius 2 is 2.11 bits per heavy atom. The highest BCUT2D eigenvalue weighted by Gasteiger charge is 2.21. The first-order valence-corrected chi connectivity index (χ1v) is 6.96. The minimum atomic E-state index is -0.632. The molecule has 1 aromatic rings. The van der Waals surface area contributed by atoms with E-state index in [-0.39, 0.29) is 5.82 Å². The van der Waals surface area contributed by atoms with E-state index < -0.39 is 6.10 Å². The number of ether oxygens (including phenoxy) is 1. The Labute approximate surface area is 114 Å². The van der Waals surface area contributed by atoms with Gasteiger partial charge in [-0.05, 0) is 44.4 Å². The molecule has 1 atom stereocenters. The smallest absolute Gasteiger partial charge is 0.146 e. The van der Waals surface area contributed by atoms with Gasteiger partial charge in [-0.15, -0.1) is 0 Å². The van der Waals surface area contributed by atoms with Gasteiger partial charge in [0.25, 0.3) is 0 Å². The van der Waals surface area contributed by atoms with Crippen LogP contribution in [0.2, 0.25) is 0 Å². The van der Waals surface area contributed by atoms with Crippen molar-refractivity contribution < 1.29 is 14.2 Å². The van der Waals surface area contributed by atoms with E-state index in [4.69, 9.17) is 4.74 Å². The Hall–Kier alpha value is -1.13. The van der Waals surface area contributed by atoms with E-state index in [0.717, 1.165) is 32.5 Å². The molecule has 19 heavy (non-hydrogen) atoms. The monoisotopic (exact) mass is 267 g/mol. The molecule has 1 aromatic carbocycles. The molecule has 1 fully saturated rings. The van der Waals surface area contributed by atoms with Crippen LogP contribution in [-0.4, -0.2) is 30.9 Å². The lowest BCUT2D eigenvalue weighted by Crippen LogP contribution is -2.37. The maximum atomic E-state index is 14.1. The number of piperidine rings is 1. The first kappa shape index (κ1) is 14.3. The third kappa shape index (κ3) is 3.45. The highest BCUT2D eigenvalue weighted by molar-refractivity contribution is 5.49. The van der Waals surface area contributed by atoms with Gasteiger partial charge in [0.05, 0.1) is 17.9 Å². The van der Waals surface area contributed by atoms with E-state index in [1.54, 1.807) is 19.1 Å². The van der Waals surface area contributed by atoms with E-state index in [2.05, 4.69) is 4.90 Å². The van der Waals surface area contributed by atoms with Crippen LogP contribution in [0.1, 0.15) is 38.4 Å². The van der Waals surface area contributed by atoms with Crippen molar-refractivity contribution in [1.29, 1.82) is 0 Å². The number of nitrogens with zero attached hydrogens (tertiary/aromatic N) is 1. The molecule has 0 saturated carbocycles. The van der Waals surface area contributed by atoms with Crippen LogP contribution in [0.3, 0.4) is 0 Å². The summed E-state index contributed by atoms with van der Waals surface area (Å²) >= 11 is 0. The molecule has 1 aliphatic rings. The van der Waals surface area contributed by atoms with E-state index in [9.17, 15) is 9.50 Å². The topological polar surface area (TPSA) is 32.7 Å². The van der Waals surface area contributed by atoms with Crippen molar-refractivity contribution >= 4 is 5.69 Å². The summed E-state index contributed by atoms with van der Waals surface area (Å²) in [6, 6.07) is 4.98. The van der Waals surface area contributed by atoms with Crippen LogP contribution < -0.4 is 4.90 Å². The maximum Gasteiger partial charge on any atom is 0.146 e. The summed E-state index contributed by atoms with van der Waals surface area (Å²) in [5.41, 5.74) is 1.24. The molecule has 0 aromatic heterocycles. The molecule has 4 heteroatoms. The molecule has 106 valence electrons. The lowest BCUT2D eigenvalue weighted by Gasteiger charge is -2.33. The first-order chi connectivity index (χ1) is 9.11. The molecule has 1 N–H and O–H groups in total.